The van der Waals surface area contributed by atoms with Gasteiger partial charge in [0, 0.05) is 0 Å². The zero-order chi connectivity index (χ0) is 18.7. The van der Waals surface area contributed by atoms with Gasteiger partial charge in [0.25, 0.3) is 0 Å². The fourth-order valence-corrected chi connectivity index (χ4v) is 2.11. The fourth-order valence-electron chi connectivity index (χ4n) is 2.11. The van der Waals surface area contributed by atoms with Crippen LogP contribution in [0.2, 0.25) is 0 Å². The zero-order valence-electron chi connectivity index (χ0n) is 12.5. The molecular formula is C12H24O12. The van der Waals surface area contributed by atoms with E-state index in [9.17, 15) is 5.11 Å². The number of hydrogen-bond donors (Lipinski definition) is 10. The van der Waals surface area contributed by atoms with E-state index in [0.717, 1.165) is 0 Å². The minimum Gasteiger partial charge on any atom is -0.394 e. The lowest BCUT2D eigenvalue weighted by Gasteiger charge is -2.40. The molecule has 0 radical (unpaired) electrons. The van der Waals surface area contributed by atoms with Crippen molar-refractivity contribution in [3.8, 4) is 0 Å². The van der Waals surface area contributed by atoms with Crippen molar-refractivity contribution in [3.63, 3.8) is 0 Å². The first-order valence-electron chi connectivity index (χ1n) is 7.09. The molecule has 2 aliphatic rings. The van der Waals surface area contributed by atoms with E-state index in [4.69, 9.17) is 46.0 Å². The van der Waals surface area contributed by atoms with Crippen LogP contribution in [0.15, 0.2) is 0 Å². The highest BCUT2D eigenvalue weighted by Gasteiger charge is 2.48. The quantitative estimate of drug-likeness (QED) is 0.222. The largest absolute Gasteiger partial charge is 0.394 e. The first-order chi connectivity index (χ1) is 11.1. The van der Waals surface area contributed by atoms with Crippen molar-refractivity contribution in [1.29, 1.82) is 0 Å². The van der Waals surface area contributed by atoms with Crippen LogP contribution in [-0.2, 0) is 9.47 Å². The van der Waals surface area contributed by atoms with Crippen molar-refractivity contribution in [2.24, 2.45) is 0 Å². The van der Waals surface area contributed by atoms with Gasteiger partial charge in [0.1, 0.15) is 42.7 Å². The van der Waals surface area contributed by atoms with Gasteiger partial charge in [0.15, 0.2) is 6.29 Å². The lowest BCUT2D eigenvalue weighted by Crippen LogP contribution is -2.62. The van der Waals surface area contributed by atoms with Crippen LogP contribution in [0, 0.1) is 0 Å². The molecule has 0 aromatic rings. The van der Waals surface area contributed by atoms with Crippen molar-refractivity contribution < 1.29 is 60.5 Å². The molecule has 2 heterocycles. The zero-order valence-corrected chi connectivity index (χ0v) is 12.5. The van der Waals surface area contributed by atoms with Gasteiger partial charge >= 0.3 is 0 Å². The van der Waals surface area contributed by atoms with Gasteiger partial charge in [-0.15, -0.1) is 0 Å². The van der Waals surface area contributed by atoms with Gasteiger partial charge in [-0.2, -0.15) is 0 Å². The van der Waals surface area contributed by atoms with E-state index in [2.05, 4.69) is 9.47 Å². The Kier molecular flexibility index (Phi) is 7.86. The van der Waals surface area contributed by atoms with Crippen LogP contribution in [0.3, 0.4) is 0 Å². The van der Waals surface area contributed by atoms with Crippen molar-refractivity contribution in [3.05, 3.63) is 0 Å². The lowest BCUT2D eigenvalue weighted by molar-refractivity contribution is -0.331. The van der Waals surface area contributed by atoms with E-state index in [-0.39, 0.29) is 6.61 Å². The molecule has 0 aliphatic carbocycles. The second kappa shape index (κ2) is 8.75. The first kappa shape index (κ1) is 21.6. The minimum absolute atomic E-state index is 0.324. The molecule has 10 N–H and O–H groups in total. The third kappa shape index (κ3) is 4.57. The number of rotatable bonds is 2. The van der Waals surface area contributed by atoms with Gasteiger partial charge in [-0.05, 0) is 0 Å². The number of ether oxygens (including phenoxy) is 2. The smallest absolute Gasteiger partial charge is 0.218 e. The van der Waals surface area contributed by atoms with Gasteiger partial charge in [0.2, 0.25) is 5.79 Å². The van der Waals surface area contributed by atoms with Crippen molar-refractivity contribution in [1.82, 2.24) is 0 Å². The highest BCUT2D eigenvalue weighted by atomic mass is 16.7. The average molecular weight is 360 g/mol. The Labute approximate surface area is 136 Å². The van der Waals surface area contributed by atoms with Gasteiger partial charge < -0.3 is 60.5 Å². The van der Waals surface area contributed by atoms with Gasteiger partial charge in [0.05, 0.1) is 19.8 Å². The Bertz CT molecular complexity index is 378. The molecule has 9 atom stereocenters. The molecule has 12 heteroatoms. The summed E-state index contributed by atoms with van der Waals surface area (Å²) in [4.78, 5) is 0. The predicted molar refractivity (Wildman–Crippen MR) is 72.0 cm³/mol. The monoisotopic (exact) mass is 360 g/mol. The Morgan fingerprint density at radius 3 is 1.92 bits per heavy atom. The SMILES string of the molecule is OC[C@@]1(O)OC[C@@H](O)[C@@H](O)[C@@H]1O.OC[C@H]1O[C@H](O)[C@H](O)[C@@H](O)[C@@H]1O. The molecular weight excluding hydrogens is 336 g/mol. The van der Waals surface area contributed by atoms with E-state index in [1.807, 2.05) is 0 Å². The maximum atomic E-state index is 9.24. The molecule has 2 saturated heterocycles. The summed E-state index contributed by atoms with van der Waals surface area (Å²) in [5, 5.41) is 89.6. The number of hydrogen-bond acceptors (Lipinski definition) is 12. The maximum Gasteiger partial charge on any atom is 0.218 e. The highest BCUT2D eigenvalue weighted by Crippen LogP contribution is 2.23. The predicted octanol–water partition coefficient (Wildman–Crippen LogP) is -6.44. The Hall–Kier alpha value is -0.480. The van der Waals surface area contributed by atoms with Crippen molar-refractivity contribution >= 4 is 0 Å². The Morgan fingerprint density at radius 2 is 1.42 bits per heavy atom. The first-order valence-corrected chi connectivity index (χ1v) is 7.09. The molecule has 0 amide bonds. The van der Waals surface area contributed by atoms with E-state index < -0.39 is 68.0 Å². The average Bonchev–Trinajstić information content (AvgIpc) is 2.58. The summed E-state index contributed by atoms with van der Waals surface area (Å²) in [6.07, 6.45) is -11.5. The Balaban J connectivity index is 0.000000240. The van der Waals surface area contributed by atoms with Crippen LogP contribution in [0.5, 0.6) is 0 Å². The van der Waals surface area contributed by atoms with Crippen LogP contribution < -0.4 is 0 Å². The van der Waals surface area contributed by atoms with Crippen LogP contribution in [0.4, 0.5) is 0 Å². The molecule has 24 heavy (non-hydrogen) atoms. The van der Waals surface area contributed by atoms with Crippen LogP contribution in [-0.4, -0.2) is 126 Å². The van der Waals surface area contributed by atoms with Crippen LogP contribution >= 0.6 is 0 Å². The summed E-state index contributed by atoms with van der Waals surface area (Å²) in [6, 6.07) is 0. The fraction of sp³-hybridized carbons (Fsp3) is 1.00. The van der Waals surface area contributed by atoms with E-state index in [1.54, 1.807) is 0 Å². The van der Waals surface area contributed by atoms with Gasteiger partial charge in [-0.25, -0.2) is 0 Å². The Morgan fingerprint density at radius 1 is 0.833 bits per heavy atom. The van der Waals surface area contributed by atoms with Crippen LogP contribution in [0.25, 0.3) is 0 Å². The number of aliphatic hydroxyl groups is 10. The van der Waals surface area contributed by atoms with Gasteiger partial charge in [-0.1, -0.05) is 0 Å². The maximum absolute atomic E-state index is 9.24. The van der Waals surface area contributed by atoms with Crippen molar-refractivity contribution in [2.75, 3.05) is 19.8 Å². The van der Waals surface area contributed by atoms with Crippen LogP contribution in [0.1, 0.15) is 0 Å². The van der Waals surface area contributed by atoms with E-state index in [0.29, 0.717) is 0 Å². The molecule has 0 bridgehead atoms. The highest BCUT2D eigenvalue weighted by molar-refractivity contribution is 4.91. The molecule has 0 saturated carbocycles. The summed E-state index contributed by atoms with van der Waals surface area (Å²) >= 11 is 0. The molecule has 144 valence electrons. The molecule has 2 aliphatic heterocycles. The molecule has 12 nitrogen and oxygen atoms in total. The van der Waals surface area contributed by atoms with Gasteiger partial charge in [-0.3, -0.25) is 0 Å². The molecule has 2 rings (SSSR count). The van der Waals surface area contributed by atoms with E-state index in [1.165, 1.54) is 0 Å². The third-order valence-electron chi connectivity index (χ3n) is 3.78. The third-order valence-corrected chi connectivity index (χ3v) is 3.78. The summed E-state index contributed by atoms with van der Waals surface area (Å²) in [5.41, 5.74) is 0. The second-order valence-electron chi connectivity index (χ2n) is 5.54. The lowest BCUT2D eigenvalue weighted by atomic mass is 9.98. The second-order valence-corrected chi connectivity index (χ2v) is 5.54. The standard InChI is InChI=1S/2C6H12O6/c7-2-6(11)5(10)4(9)3(8)1-12-6;7-1-2-3(8)4(9)5(10)6(11)12-2/h3-5,7-11H,1-2H2;2-11H,1H2/t3-,4-,5+,6-;2-,3-,4+,5-,6+/m11/s1. The molecule has 2 fully saturated rings. The molecule has 0 aromatic carbocycles. The molecule has 0 aromatic heterocycles. The number of aliphatic hydroxyl groups excluding tert-OH is 9. The molecule has 0 unspecified atom stereocenters. The van der Waals surface area contributed by atoms with Crippen molar-refractivity contribution in [2.45, 2.75) is 54.8 Å². The summed E-state index contributed by atoms with van der Waals surface area (Å²) in [7, 11) is 0. The normalized spacial score (nSPS) is 49.2. The molecule has 0 spiro atoms. The summed E-state index contributed by atoms with van der Waals surface area (Å²) in [5.74, 6) is -2.17. The minimum atomic E-state index is -2.17. The summed E-state index contributed by atoms with van der Waals surface area (Å²) < 4.78 is 9.13. The topological polar surface area (TPSA) is 221 Å². The van der Waals surface area contributed by atoms with E-state index >= 15 is 0 Å². The summed E-state index contributed by atoms with van der Waals surface area (Å²) in [6.45, 7) is -1.69.